The van der Waals surface area contributed by atoms with Gasteiger partial charge in [-0.15, -0.1) is 0 Å². The molecule has 0 spiro atoms. The first-order valence-corrected chi connectivity index (χ1v) is 10.4. The van der Waals surface area contributed by atoms with Gasteiger partial charge in [-0.1, -0.05) is 30.3 Å². The van der Waals surface area contributed by atoms with E-state index in [1.807, 2.05) is 28.8 Å². The lowest BCUT2D eigenvalue weighted by Gasteiger charge is -2.35. The second-order valence-electron chi connectivity index (χ2n) is 7.93. The molecule has 7 heteroatoms. The third kappa shape index (κ3) is 3.46. The number of nitrogens with zero attached hydrogens (tertiary/aromatic N) is 6. The van der Waals surface area contributed by atoms with Gasteiger partial charge in [-0.25, -0.2) is 9.50 Å². The minimum absolute atomic E-state index is 0.191. The van der Waals surface area contributed by atoms with Crippen LogP contribution in [0.4, 0.5) is 0 Å². The first-order valence-electron chi connectivity index (χ1n) is 10.4. The second-order valence-corrected chi connectivity index (χ2v) is 7.93. The van der Waals surface area contributed by atoms with Gasteiger partial charge in [0, 0.05) is 36.8 Å². The summed E-state index contributed by atoms with van der Waals surface area (Å²) in [6, 6.07) is 17.0. The summed E-state index contributed by atoms with van der Waals surface area (Å²) in [6.07, 6.45) is 3.47. The second kappa shape index (κ2) is 7.93. The molecule has 0 amide bonds. The van der Waals surface area contributed by atoms with E-state index >= 15 is 0 Å². The summed E-state index contributed by atoms with van der Waals surface area (Å²) in [5.74, 6) is 0. The zero-order valence-corrected chi connectivity index (χ0v) is 17.2. The Morgan fingerprint density at radius 2 is 1.87 bits per heavy atom. The van der Waals surface area contributed by atoms with Crippen molar-refractivity contribution < 1.29 is 0 Å². The number of hydrogen-bond donors (Lipinski definition) is 1. The predicted octanol–water partition coefficient (Wildman–Crippen LogP) is 3.21. The smallest absolute Gasteiger partial charge is 0.154 e. The number of piperazine rings is 1. The molecule has 30 heavy (non-hydrogen) atoms. The normalized spacial score (nSPS) is 17.6. The van der Waals surface area contributed by atoms with E-state index in [9.17, 15) is 0 Å². The topological polar surface area (TPSA) is 71.2 Å². The van der Waals surface area contributed by atoms with Crippen LogP contribution in [0.1, 0.15) is 25.6 Å². The molecule has 1 fully saturated rings. The lowest BCUT2D eigenvalue weighted by atomic mass is 10.1. The van der Waals surface area contributed by atoms with Crippen LogP contribution in [0.5, 0.6) is 0 Å². The Morgan fingerprint density at radius 3 is 2.63 bits per heavy atom. The van der Waals surface area contributed by atoms with Crippen molar-refractivity contribution in [3.05, 3.63) is 66.6 Å². The van der Waals surface area contributed by atoms with Gasteiger partial charge in [-0.05, 0) is 32.0 Å². The summed E-state index contributed by atoms with van der Waals surface area (Å²) in [7, 11) is 0. The number of rotatable bonds is 4. The highest BCUT2D eigenvalue weighted by Gasteiger charge is 2.25. The number of fused-ring (bicyclic) bond motifs is 1. The standard InChI is InChI=1S/C23H25N7/c1-16(2)29-13-12-24-20(15-29)19-8-9-21-27-22(17-6-4-3-5-7-17)23(30(21)28-19)18-10-11-25-26-14-18/h3-11,14,16,20,24H,12-13,15H2,1-2H3. The zero-order valence-electron chi connectivity index (χ0n) is 17.2. The summed E-state index contributed by atoms with van der Waals surface area (Å²) < 4.78 is 1.95. The average molecular weight is 400 g/mol. The highest BCUT2D eigenvalue weighted by molar-refractivity contribution is 5.81. The van der Waals surface area contributed by atoms with Crippen molar-refractivity contribution in [3.63, 3.8) is 0 Å². The lowest BCUT2D eigenvalue weighted by molar-refractivity contribution is 0.160. The Morgan fingerprint density at radius 1 is 1.00 bits per heavy atom. The maximum absolute atomic E-state index is 5.03. The highest BCUT2D eigenvalue weighted by atomic mass is 15.3. The number of imidazole rings is 1. The molecule has 7 nitrogen and oxygen atoms in total. The van der Waals surface area contributed by atoms with E-state index in [2.05, 4.69) is 58.5 Å². The van der Waals surface area contributed by atoms with Crippen molar-refractivity contribution >= 4 is 5.65 Å². The minimum atomic E-state index is 0.191. The molecule has 4 aromatic rings. The van der Waals surface area contributed by atoms with Gasteiger partial charge in [-0.3, -0.25) is 4.90 Å². The van der Waals surface area contributed by atoms with Gasteiger partial charge >= 0.3 is 0 Å². The summed E-state index contributed by atoms with van der Waals surface area (Å²) in [4.78, 5) is 7.40. The Bertz CT molecular complexity index is 1140. The minimum Gasteiger partial charge on any atom is -0.306 e. The quantitative estimate of drug-likeness (QED) is 0.568. The fourth-order valence-corrected chi connectivity index (χ4v) is 4.06. The van der Waals surface area contributed by atoms with Crippen LogP contribution in [0, 0.1) is 0 Å². The molecule has 1 aromatic carbocycles. The molecule has 0 radical (unpaired) electrons. The van der Waals surface area contributed by atoms with Crippen LogP contribution < -0.4 is 5.32 Å². The number of benzene rings is 1. The van der Waals surface area contributed by atoms with Gasteiger partial charge in [-0.2, -0.15) is 15.3 Å². The zero-order chi connectivity index (χ0) is 20.5. The molecule has 1 aliphatic heterocycles. The molecule has 1 saturated heterocycles. The van der Waals surface area contributed by atoms with Crippen molar-refractivity contribution in [2.45, 2.75) is 25.9 Å². The fraction of sp³-hybridized carbons (Fsp3) is 0.304. The van der Waals surface area contributed by atoms with Gasteiger partial charge < -0.3 is 5.32 Å². The van der Waals surface area contributed by atoms with E-state index in [1.165, 1.54) is 0 Å². The van der Waals surface area contributed by atoms with Crippen molar-refractivity contribution in [2.75, 3.05) is 19.6 Å². The number of aromatic nitrogens is 5. The van der Waals surface area contributed by atoms with E-state index in [1.54, 1.807) is 12.4 Å². The van der Waals surface area contributed by atoms with Gasteiger partial charge in [0.2, 0.25) is 0 Å². The molecule has 5 rings (SSSR count). The molecule has 0 bridgehead atoms. The van der Waals surface area contributed by atoms with Crippen LogP contribution in [-0.4, -0.2) is 55.4 Å². The van der Waals surface area contributed by atoms with Gasteiger partial charge in [0.25, 0.3) is 0 Å². The van der Waals surface area contributed by atoms with E-state index in [0.29, 0.717) is 6.04 Å². The van der Waals surface area contributed by atoms with Gasteiger partial charge in [0.15, 0.2) is 5.65 Å². The summed E-state index contributed by atoms with van der Waals surface area (Å²) in [6.45, 7) is 7.46. The summed E-state index contributed by atoms with van der Waals surface area (Å²) in [5.41, 5.74) is 5.67. The molecule has 152 valence electrons. The van der Waals surface area contributed by atoms with Crippen molar-refractivity contribution in [2.24, 2.45) is 0 Å². The predicted molar refractivity (Wildman–Crippen MR) is 117 cm³/mol. The van der Waals surface area contributed by atoms with Crippen LogP contribution in [-0.2, 0) is 0 Å². The maximum Gasteiger partial charge on any atom is 0.154 e. The first kappa shape index (κ1) is 18.8. The number of nitrogens with one attached hydrogen (secondary N) is 1. The summed E-state index contributed by atoms with van der Waals surface area (Å²) >= 11 is 0. The molecule has 1 aliphatic rings. The first-order chi connectivity index (χ1) is 14.7. The monoisotopic (exact) mass is 399 g/mol. The largest absolute Gasteiger partial charge is 0.306 e. The Balaban J connectivity index is 1.64. The highest BCUT2D eigenvalue weighted by Crippen LogP contribution is 2.32. The molecule has 1 atom stereocenters. The van der Waals surface area contributed by atoms with E-state index in [4.69, 9.17) is 10.1 Å². The van der Waals surface area contributed by atoms with E-state index in [0.717, 1.165) is 53.5 Å². The maximum atomic E-state index is 5.03. The molecular weight excluding hydrogens is 374 g/mol. The molecule has 4 heterocycles. The molecule has 1 unspecified atom stereocenters. The van der Waals surface area contributed by atoms with Crippen molar-refractivity contribution in [3.8, 4) is 22.5 Å². The number of hydrogen-bond acceptors (Lipinski definition) is 6. The Labute approximate surface area is 175 Å². The SMILES string of the molecule is CC(C)N1CCNC(c2ccc3nc(-c4ccccc4)c(-c4ccnnc4)n3n2)C1. The molecule has 3 aromatic heterocycles. The molecule has 0 saturated carbocycles. The van der Waals surface area contributed by atoms with E-state index in [-0.39, 0.29) is 6.04 Å². The van der Waals surface area contributed by atoms with Crippen molar-refractivity contribution in [1.29, 1.82) is 0 Å². The Hall–Kier alpha value is -3.16. The lowest BCUT2D eigenvalue weighted by Crippen LogP contribution is -2.48. The Kier molecular flexibility index (Phi) is 4.98. The van der Waals surface area contributed by atoms with E-state index < -0.39 is 0 Å². The van der Waals surface area contributed by atoms with Crippen molar-refractivity contribution in [1.82, 2.24) is 35.0 Å². The average Bonchev–Trinajstić information content (AvgIpc) is 3.19. The molecular formula is C23H25N7. The van der Waals surface area contributed by atoms with Crippen LogP contribution in [0.15, 0.2) is 60.9 Å². The van der Waals surface area contributed by atoms with Gasteiger partial charge in [0.1, 0.15) is 5.69 Å². The third-order valence-electron chi connectivity index (χ3n) is 5.70. The summed E-state index contributed by atoms with van der Waals surface area (Å²) in [5, 5.41) is 16.7. The fourth-order valence-electron chi connectivity index (χ4n) is 4.06. The van der Waals surface area contributed by atoms with Gasteiger partial charge in [0.05, 0.1) is 29.8 Å². The third-order valence-corrected chi connectivity index (χ3v) is 5.70. The van der Waals surface area contributed by atoms with Crippen LogP contribution >= 0.6 is 0 Å². The van der Waals surface area contributed by atoms with Crippen LogP contribution in [0.2, 0.25) is 0 Å². The van der Waals surface area contributed by atoms with Crippen LogP contribution in [0.25, 0.3) is 28.2 Å². The molecule has 0 aliphatic carbocycles. The molecule has 1 N–H and O–H groups in total. The van der Waals surface area contributed by atoms with Crippen LogP contribution in [0.3, 0.4) is 0 Å².